The Kier molecular flexibility index (Phi) is 5.91. The maximum Gasteiger partial charge on any atom is 0.329 e. The molecule has 1 unspecified atom stereocenters. The van der Waals surface area contributed by atoms with Gasteiger partial charge in [0.2, 0.25) is 0 Å². The van der Waals surface area contributed by atoms with Crippen molar-refractivity contribution in [3.8, 4) is 17.6 Å². The molecule has 3 aromatic carbocycles. The summed E-state index contributed by atoms with van der Waals surface area (Å²) in [5.74, 6) is 0.868. The highest BCUT2D eigenvalue weighted by Gasteiger charge is 2.31. The SMILES string of the molecule is COc1ccccc1Cn1c(=O)n(C2CCN(c3c(F)cccc3C#N)C2)c2cccc(OC)c21. The summed E-state index contributed by atoms with van der Waals surface area (Å²) < 4.78 is 29.3. The summed E-state index contributed by atoms with van der Waals surface area (Å²) in [5.41, 5.74) is 2.74. The van der Waals surface area contributed by atoms with Crippen molar-refractivity contribution in [3.63, 3.8) is 0 Å². The topological polar surface area (TPSA) is 72.4 Å². The summed E-state index contributed by atoms with van der Waals surface area (Å²) in [6.07, 6.45) is 0.643. The van der Waals surface area contributed by atoms with Crippen LogP contribution in [0, 0.1) is 17.1 Å². The van der Waals surface area contributed by atoms with Crippen molar-refractivity contribution in [2.75, 3.05) is 32.2 Å². The van der Waals surface area contributed by atoms with Crippen LogP contribution < -0.4 is 20.1 Å². The zero-order valence-corrected chi connectivity index (χ0v) is 19.6. The van der Waals surface area contributed by atoms with Gasteiger partial charge < -0.3 is 14.4 Å². The van der Waals surface area contributed by atoms with Gasteiger partial charge in [-0.2, -0.15) is 5.26 Å². The number of hydrogen-bond acceptors (Lipinski definition) is 5. The van der Waals surface area contributed by atoms with E-state index in [2.05, 4.69) is 6.07 Å². The van der Waals surface area contributed by atoms with Crippen molar-refractivity contribution in [2.45, 2.75) is 19.0 Å². The van der Waals surface area contributed by atoms with Crippen LogP contribution in [-0.4, -0.2) is 36.4 Å². The van der Waals surface area contributed by atoms with Crippen LogP contribution in [0.15, 0.2) is 65.5 Å². The number of fused-ring (bicyclic) bond motifs is 1. The Hall–Kier alpha value is -4.25. The van der Waals surface area contributed by atoms with Crippen molar-refractivity contribution in [2.24, 2.45) is 0 Å². The van der Waals surface area contributed by atoms with E-state index in [1.807, 2.05) is 47.4 Å². The number of anilines is 1. The van der Waals surface area contributed by atoms with Crippen LogP contribution in [0.1, 0.15) is 23.6 Å². The monoisotopic (exact) mass is 472 g/mol. The van der Waals surface area contributed by atoms with E-state index >= 15 is 0 Å². The maximum atomic E-state index is 14.7. The predicted molar refractivity (Wildman–Crippen MR) is 132 cm³/mol. The first-order valence-corrected chi connectivity index (χ1v) is 11.4. The number of rotatable bonds is 6. The lowest BCUT2D eigenvalue weighted by atomic mass is 10.1. The van der Waals surface area contributed by atoms with E-state index in [9.17, 15) is 14.4 Å². The van der Waals surface area contributed by atoms with E-state index < -0.39 is 5.82 Å². The Bertz CT molecular complexity index is 1500. The number of nitriles is 1. The molecule has 7 nitrogen and oxygen atoms in total. The van der Waals surface area contributed by atoms with Crippen LogP contribution in [0.2, 0.25) is 0 Å². The van der Waals surface area contributed by atoms with Gasteiger partial charge in [-0.25, -0.2) is 9.18 Å². The standard InChI is InChI=1S/C27H25FN4O3/c1-34-23-11-4-3-7-19(23)16-31-26-22(10-6-12-24(26)35-2)32(27(31)33)20-13-14-30(17-20)25-18(15-29)8-5-9-21(25)28/h3-12,20H,13-14,16-17H2,1-2H3. The van der Waals surface area contributed by atoms with Crippen LogP contribution in [-0.2, 0) is 6.54 Å². The zero-order valence-electron chi connectivity index (χ0n) is 19.6. The average molecular weight is 473 g/mol. The van der Waals surface area contributed by atoms with Crippen molar-refractivity contribution in [1.29, 1.82) is 5.26 Å². The number of imidazole rings is 1. The maximum absolute atomic E-state index is 14.7. The van der Waals surface area contributed by atoms with Gasteiger partial charge in [-0.1, -0.05) is 30.3 Å². The van der Waals surface area contributed by atoms with Gasteiger partial charge in [-0.05, 0) is 36.8 Å². The van der Waals surface area contributed by atoms with Gasteiger partial charge in [-0.15, -0.1) is 0 Å². The minimum absolute atomic E-state index is 0.170. The molecule has 0 aliphatic carbocycles. The third-order valence-corrected chi connectivity index (χ3v) is 6.64. The molecule has 178 valence electrons. The van der Waals surface area contributed by atoms with Crippen molar-refractivity contribution >= 4 is 16.7 Å². The molecule has 1 fully saturated rings. The first-order valence-electron chi connectivity index (χ1n) is 11.4. The Morgan fingerprint density at radius 1 is 1.03 bits per heavy atom. The molecule has 0 saturated carbocycles. The number of ether oxygens (including phenoxy) is 2. The predicted octanol–water partition coefficient (Wildman–Crippen LogP) is 4.33. The normalized spacial score (nSPS) is 15.4. The zero-order chi connectivity index (χ0) is 24.5. The Balaban J connectivity index is 1.60. The number of methoxy groups -OCH3 is 2. The first-order chi connectivity index (χ1) is 17.1. The molecule has 0 spiro atoms. The molecule has 0 bridgehead atoms. The molecule has 0 amide bonds. The van der Waals surface area contributed by atoms with Crippen molar-refractivity contribution < 1.29 is 13.9 Å². The Labute approximate surface area is 202 Å². The van der Waals surface area contributed by atoms with Gasteiger partial charge >= 0.3 is 5.69 Å². The molecule has 8 heteroatoms. The van der Waals surface area contributed by atoms with E-state index in [0.717, 1.165) is 11.1 Å². The number of benzene rings is 3. The smallest absolute Gasteiger partial charge is 0.329 e. The number of halogens is 1. The molecular formula is C27H25FN4O3. The summed E-state index contributed by atoms with van der Waals surface area (Å²) in [6, 6.07) is 19.6. The largest absolute Gasteiger partial charge is 0.496 e. The van der Waals surface area contributed by atoms with E-state index in [1.54, 1.807) is 29.4 Å². The number of nitrogens with zero attached hydrogens (tertiary/aromatic N) is 4. The van der Waals surface area contributed by atoms with Gasteiger partial charge in [0.05, 0.1) is 43.6 Å². The fourth-order valence-electron chi connectivity index (χ4n) is 5.06. The van der Waals surface area contributed by atoms with Gasteiger partial charge in [-0.3, -0.25) is 9.13 Å². The summed E-state index contributed by atoms with van der Waals surface area (Å²) in [6.45, 7) is 1.27. The molecule has 4 aromatic rings. The summed E-state index contributed by atoms with van der Waals surface area (Å²) >= 11 is 0. The third kappa shape index (κ3) is 3.79. The average Bonchev–Trinajstić information content (AvgIpc) is 3.46. The summed E-state index contributed by atoms with van der Waals surface area (Å²) in [5, 5.41) is 9.49. The van der Waals surface area contributed by atoms with Crippen molar-refractivity contribution in [3.05, 3.63) is 88.1 Å². The number of hydrogen-bond donors (Lipinski definition) is 0. The molecule has 1 aromatic heterocycles. The lowest BCUT2D eigenvalue weighted by Crippen LogP contribution is -2.30. The van der Waals surface area contributed by atoms with E-state index in [1.165, 1.54) is 12.1 Å². The van der Waals surface area contributed by atoms with Gasteiger partial charge in [0.25, 0.3) is 0 Å². The van der Waals surface area contributed by atoms with Crippen LogP contribution >= 0.6 is 0 Å². The second-order valence-electron chi connectivity index (χ2n) is 8.51. The minimum atomic E-state index is -0.433. The Morgan fingerprint density at radius 3 is 2.54 bits per heavy atom. The van der Waals surface area contributed by atoms with Crippen LogP contribution in [0.3, 0.4) is 0 Å². The molecule has 1 aliphatic heterocycles. The molecule has 1 saturated heterocycles. The van der Waals surface area contributed by atoms with Gasteiger partial charge in [0.1, 0.15) is 28.9 Å². The second-order valence-corrected chi connectivity index (χ2v) is 8.51. The lowest BCUT2D eigenvalue weighted by molar-refractivity contribution is 0.407. The number of aromatic nitrogens is 2. The quantitative estimate of drug-likeness (QED) is 0.418. The van der Waals surface area contributed by atoms with Gasteiger partial charge in [0, 0.05) is 18.7 Å². The molecule has 35 heavy (non-hydrogen) atoms. The molecule has 1 aliphatic rings. The van der Waals surface area contributed by atoms with E-state index in [4.69, 9.17) is 9.47 Å². The van der Waals surface area contributed by atoms with Crippen LogP contribution in [0.5, 0.6) is 11.5 Å². The fourth-order valence-corrected chi connectivity index (χ4v) is 5.06. The highest BCUT2D eigenvalue weighted by molar-refractivity contribution is 5.83. The lowest BCUT2D eigenvalue weighted by Gasteiger charge is -2.21. The number of para-hydroxylation sites is 3. The van der Waals surface area contributed by atoms with Crippen LogP contribution in [0.25, 0.3) is 11.0 Å². The van der Waals surface area contributed by atoms with Crippen molar-refractivity contribution in [1.82, 2.24) is 9.13 Å². The Morgan fingerprint density at radius 2 is 1.77 bits per heavy atom. The molecular weight excluding hydrogens is 447 g/mol. The highest BCUT2D eigenvalue weighted by atomic mass is 19.1. The molecule has 2 heterocycles. The molecule has 0 radical (unpaired) electrons. The molecule has 1 atom stereocenters. The first kappa shape index (κ1) is 22.5. The second kappa shape index (κ2) is 9.18. The minimum Gasteiger partial charge on any atom is -0.496 e. The fraction of sp³-hybridized carbons (Fsp3) is 0.259. The third-order valence-electron chi connectivity index (χ3n) is 6.64. The molecule has 0 N–H and O–H groups in total. The van der Waals surface area contributed by atoms with Crippen LogP contribution in [0.4, 0.5) is 10.1 Å². The highest BCUT2D eigenvalue weighted by Crippen LogP contribution is 2.34. The molecule has 5 rings (SSSR count). The summed E-state index contributed by atoms with van der Waals surface area (Å²) in [4.78, 5) is 15.7. The summed E-state index contributed by atoms with van der Waals surface area (Å²) in [7, 11) is 3.19. The van der Waals surface area contributed by atoms with E-state index in [0.29, 0.717) is 54.3 Å². The van der Waals surface area contributed by atoms with Gasteiger partial charge in [0.15, 0.2) is 0 Å². The van der Waals surface area contributed by atoms with E-state index in [-0.39, 0.29) is 11.7 Å².